The highest BCUT2D eigenvalue weighted by Crippen LogP contribution is 2.70. The molecule has 0 radical (unpaired) electrons. The predicted octanol–water partition coefficient (Wildman–Crippen LogP) is 2.40. The summed E-state index contributed by atoms with van der Waals surface area (Å²) in [5.41, 5.74) is -0.237. The second kappa shape index (κ2) is 2.90. The fraction of sp³-hybridized carbons (Fsp3) is 0.929. The van der Waals surface area contributed by atoms with Gasteiger partial charge in [0.1, 0.15) is 5.78 Å². The molecule has 0 spiro atoms. The lowest BCUT2D eigenvalue weighted by molar-refractivity contribution is -0.125. The molecule has 16 heavy (non-hydrogen) atoms. The summed E-state index contributed by atoms with van der Waals surface area (Å²) in [5, 5.41) is 10.5. The molecule has 2 unspecified atom stereocenters. The lowest BCUT2D eigenvalue weighted by Crippen LogP contribution is -2.36. The first-order valence-corrected chi connectivity index (χ1v) is 6.61. The van der Waals surface area contributed by atoms with Crippen molar-refractivity contribution in [1.82, 2.24) is 0 Å². The molecule has 1 N–H and O–H groups in total. The van der Waals surface area contributed by atoms with E-state index in [4.69, 9.17) is 0 Å². The zero-order valence-corrected chi connectivity index (χ0v) is 10.5. The summed E-state index contributed by atoms with van der Waals surface area (Å²) in [6.07, 6.45) is 3.53. The van der Waals surface area contributed by atoms with E-state index in [0.717, 1.165) is 25.7 Å². The Morgan fingerprint density at radius 1 is 1.19 bits per heavy atom. The first-order chi connectivity index (χ1) is 7.36. The van der Waals surface area contributed by atoms with Crippen molar-refractivity contribution in [3.63, 3.8) is 0 Å². The number of hydrogen-bond donors (Lipinski definition) is 1. The fourth-order valence-corrected chi connectivity index (χ4v) is 4.76. The van der Waals surface area contributed by atoms with Crippen LogP contribution in [0.25, 0.3) is 0 Å². The molecule has 0 aromatic heterocycles. The van der Waals surface area contributed by atoms with Gasteiger partial charge in [-0.15, -0.1) is 0 Å². The Morgan fingerprint density at radius 3 is 2.56 bits per heavy atom. The van der Waals surface area contributed by atoms with Crippen LogP contribution in [0, 0.1) is 29.1 Å². The van der Waals surface area contributed by atoms with Crippen molar-refractivity contribution >= 4 is 5.78 Å². The molecule has 0 amide bonds. The molecule has 0 bridgehead atoms. The van der Waals surface area contributed by atoms with Gasteiger partial charge in [-0.05, 0) is 43.4 Å². The number of carbonyl (C=O) groups excluding carboxylic acids is 1. The Labute approximate surface area is 97.4 Å². The first kappa shape index (κ1) is 10.8. The van der Waals surface area contributed by atoms with Gasteiger partial charge < -0.3 is 5.11 Å². The molecule has 3 saturated carbocycles. The number of Topliss-reactive ketones (excluding diaryl/α,β-unsaturated/α-hetero) is 1. The zero-order chi connectivity index (χ0) is 11.7. The molecule has 3 aliphatic carbocycles. The Morgan fingerprint density at radius 2 is 1.88 bits per heavy atom. The van der Waals surface area contributed by atoms with Crippen molar-refractivity contribution in [3.8, 4) is 0 Å². The predicted molar refractivity (Wildman–Crippen MR) is 61.8 cm³/mol. The average molecular weight is 222 g/mol. The Bertz CT molecular complexity index is 343. The maximum atomic E-state index is 12.0. The smallest absolute Gasteiger partial charge is 0.136 e. The zero-order valence-electron chi connectivity index (χ0n) is 10.5. The molecule has 0 aromatic carbocycles. The van der Waals surface area contributed by atoms with Gasteiger partial charge in [0.05, 0.1) is 5.60 Å². The molecule has 3 rings (SSSR count). The molecular formula is C14H22O2. The normalized spacial score (nSPS) is 54.1. The summed E-state index contributed by atoms with van der Waals surface area (Å²) in [6, 6.07) is 0. The van der Waals surface area contributed by atoms with E-state index < -0.39 is 5.60 Å². The number of carbonyl (C=O) groups is 1. The molecule has 2 heteroatoms. The van der Waals surface area contributed by atoms with Crippen LogP contribution in [0.5, 0.6) is 0 Å². The third-order valence-corrected chi connectivity index (χ3v) is 5.75. The van der Waals surface area contributed by atoms with Crippen LogP contribution in [0.3, 0.4) is 0 Å². The minimum atomic E-state index is -0.596. The van der Waals surface area contributed by atoms with Gasteiger partial charge in [-0.3, -0.25) is 4.79 Å². The average Bonchev–Trinajstić information content (AvgIpc) is 2.61. The lowest BCUT2D eigenvalue weighted by atomic mass is 9.79. The molecule has 3 fully saturated rings. The minimum absolute atomic E-state index is 0.159. The molecular weight excluding hydrogens is 200 g/mol. The van der Waals surface area contributed by atoms with Gasteiger partial charge in [0.2, 0.25) is 0 Å². The van der Waals surface area contributed by atoms with Crippen LogP contribution >= 0.6 is 0 Å². The van der Waals surface area contributed by atoms with Crippen LogP contribution in [0.4, 0.5) is 0 Å². The quantitative estimate of drug-likeness (QED) is 0.683. The van der Waals surface area contributed by atoms with E-state index in [1.54, 1.807) is 0 Å². The molecule has 90 valence electrons. The van der Waals surface area contributed by atoms with Crippen LogP contribution in [0.2, 0.25) is 0 Å². The number of aliphatic hydroxyl groups is 1. The highest BCUT2D eigenvalue weighted by Gasteiger charge is 2.68. The lowest BCUT2D eigenvalue weighted by Gasteiger charge is -2.30. The van der Waals surface area contributed by atoms with E-state index in [9.17, 15) is 9.90 Å². The van der Waals surface area contributed by atoms with E-state index in [1.807, 2.05) is 6.92 Å². The highest BCUT2D eigenvalue weighted by atomic mass is 16.3. The third-order valence-electron chi connectivity index (χ3n) is 5.75. The van der Waals surface area contributed by atoms with Crippen LogP contribution < -0.4 is 0 Å². The third kappa shape index (κ3) is 1.20. The van der Waals surface area contributed by atoms with E-state index >= 15 is 0 Å². The van der Waals surface area contributed by atoms with Crippen molar-refractivity contribution in [2.45, 2.75) is 52.1 Å². The largest absolute Gasteiger partial charge is 0.390 e. The molecule has 0 aromatic rings. The topological polar surface area (TPSA) is 37.3 Å². The van der Waals surface area contributed by atoms with Crippen LogP contribution in [0.1, 0.15) is 46.5 Å². The molecule has 0 saturated heterocycles. The van der Waals surface area contributed by atoms with Crippen LogP contribution in [-0.4, -0.2) is 16.5 Å². The molecule has 5 atom stereocenters. The van der Waals surface area contributed by atoms with Gasteiger partial charge in [-0.25, -0.2) is 0 Å². The van der Waals surface area contributed by atoms with Crippen molar-refractivity contribution in [2.24, 2.45) is 29.1 Å². The Kier molecular flexibility index (Phi) is 1.95. The number of fused-ring (bicyclic) bond motifs is 3. The maximum Gasteiger partial charge on any atom is 0.136 e. The van der Waals surface area contributed by atoms with Gasteiger partial charge in [0.15, 0.2) is 0 Å². The number of ketones is 1. The molecule has 2 nitrogen and oxygen atoms in total. The van der Waals surface area contributed by atoms with Crippen molar-refractivity contribution in [1.29, 1.82) is 0 Å². The van der Waals surface area contributed by atoms with Gasteiger partial charge in [-0.1, -0.05) is 13.8 Å². The van der Waals surface area contributed by atoms with Crippen LogP contribution in [0.15, 0.2) is 0 Å². The SMILES string of the molecule is CC1(C)C2CCC(=O)[C@H]3CC[C@](C)(O)[C@H]3C21. The van der Waals surface area contributed by atoms with E-state index in [-0.39, 0.29) is 11.8 Å². The van der Waals surface area contributed by atoms with Crippen molar-refractivity contribution < 1.29 is 9.90 Å². The maximum absolute atomic E-state index is 12.0. The second-order valence-electron chi connectivity index (χ2n) is 6.99. The van der Waals surface area contributed by atoms with Gasteiger partial charge in [0, 0.05) is 18.3 Å². The number of rotatable bonds is 0. The Balaban J connectivity index is 1.98. The fourth-order valence-electron chi connectivity index (χ4n) is 4.76. The van der Waals surface area contributed by atoms with E-state index in [1.165, 1.54) is 0 Å². The monoisotopic (exact) mass is 222 g/mol. The first-order valence-electron chi connectivity index (χ1n) is 6.61. The molecule has 3 aliphatic rings. The van der Waals surface area contributed by atoms with Crippen molar-refractivity contribution in [2.75, 3.05) is 0 Å². The standard InChI is InChI=1S/C14H22O2/c1-13(2)9-4-5-10(15)8-6-7-14(3,16)11(8)12(9)13/h8-9,11-12,16H,4-7H2,1-3H3/t8-,9?,11-,12?,14+/m1/s1. The summed E-state index contributed by atoms with van der Waals surface area (Å²) in [6.45, 7) is 6.56. The number of hydrogen-bond acceptors (Lipinski definition) is 2. The van der Waals surface area contributed by atoms with E-state index in [0.29, 0.717) is 23.0 Å². The summed E-state index contributed by atoms with van der Waals surface area (Å²) in [4.78, 5) is 12.0. The summed E-state index contributed by atoms with van der Waals surface area (Å²) in [7, 11) is 0. The van der Waals surface area contributed by atoms with Gasteiger partial charge in [0.25, 0.3) is 0 Å². The molecule has 0 aliphatic heterocycles. The van der Waals surface area contributed by atoms with Gasteiger partial charge >= 0.3 is 0 Å². The molecule has 0 heterocycles. The summed E-state index contributed by atoms with van der Waals surface area (Å²) in [5.74, 6) is 2.08. The Hall–Kier alpha value is -0.370. The summed E-state index contributed by atoms with van der Waals surface area (Å²) >= 11 is 0. The van der Waals surface area contributed by atoms with Crippen LogP contribution in [-0.2, 0) is 4.79 Å². The summed E-state index contributed by atoms with van der Waals surface area (Å²) < 4.78 is 0. The van der Waals surface area contributed by atoms with Crippen molar-refractivity contribution in [3.05, 3.63) is 0 Å². The second-order valence-corrected chi connectivity index (χ2v) is 6.99. The minimum Gasteiger partial charge on any atom is -0.390 e. The highest BCUT2D eigenvalue weighted by molar-refractivity contribution is 5.82. The van der Waals surface area contributed by atoms with Gasteiger partial charge in [-0.2, -0.15) is 0 Å². The van der Waals surface area contributed by atoms with E-state index in [2.05, 4.69) is 13.8 Å².